The van der Waals surface area contributed by atoms with Gasteiger partial charge in [0, 0.05) is 5.39 Å². The van der Waals surface area contributed by atoms with E-state index in [-0.39, 0.29) is 18.2 Å². The maximum absolute atomic E-state index is 10.5. The van der Waals surface area contributed by atoms with Crippen LogP contribution in [0.15, 0.2) is 34.7 Å². The molecule has 0 radical (unpaired) electrons. The fourth-order valence-electron chi connectivity index (χ4n) is 1.09. The first kappa shape index (κ1) is 9.61. The highest BCUT2D eigenvalue weighted by Gasteiger charge is 2.08. The number of furan rings is 1. The van der Waals surface area contributed by atoms with Gasteiger partial charge in [0.15, 0.2) is 0 Å². The molecule has 3 nitrogen and oxygen atoms in total. The van der Waals surface area contributed by atoms with Crippen LogP contribution < -0.4 is 0 Å². The van der Waals surface area contributed by atoms with E-state index in [4.69, 9.17) is 9.52 Å². The van der Waals surface area contributed by atoms with E-state index in [1.807, 2.05) is 12.1 Å². The molecule has 0 atom stereocenters. The number of hydrogen-bond donors (Lipinski definition) is 1. The average molecular weight is 199 g/mol. The zero-order valence-electron chi connectivity index (χ0n) is 6.56. The molecule has 2 rings (SSSR count). The van der Waals surface area contributed by atoms with Crippen molar-refractivity contribution in [2.45, 2.75) is 0 Å². The summed E-state index contributed by atoms with van der Waals surface area (Å²) in [7, 11) is 0. The Morgan fingerprint density at radius 2 is 2.00 bits per heavy atom. The zero-order chi connectivity index (χ0) is 8.55. The monoisotopic (exact) mass is 198 g/mol. The fraction of sp³-hybridized carbons (Fsp3) is 0. The SMILES string of the molecule is Cl.O=C(O)c1cc2ccccc2o1. The third-order valence-electron chi connectivity index (χ3n) is 1.64. The van der Waals surface area contributed by atoms with Crippen molar-refractivity contribution >= 4 is 29.3 Å². The molecule has 0 saturated carbocycles. The van der Waals surface area contributed by atoms with Gasteiger partial charge in [-0.3, -0.25) is 0 Å². The summed E-state index contributed by atoms with van der Waals surface area (Å²) in [4.78, 5) is 10.5. The van der Waals surface area contributed by atoms with Gasteiger partial charge < -0.3 is 9.52 Å². The minimum Gasteiger partial charge on any atom is -0.475 e. The molecule has 0 spiro atoms. The maximum Gasteiger partial charge on any atom is 0.371 e. The third-order valence-corrected chi connectivity index (χ3v) is 1.64. The predicted octanol–water partition coefficient (Wildman–Crippen LogP) is 2.55. The lowest BCUT2D eigenvalue weighted by atomic mass is 10.2. The Kier molecular flexibility index (Phi) is 2.58. The highest BCUT2D eigenvalue weighted by Crippen LogP contribution is 2.18. The molecule has 0 fully saturated rings. The molecule has 1 heterocycles. The summed E-state index contributed by atoms with van der Waals surface area (Å²) in [6.07, 6.45) is 0. The van der Waals surface area contributed by atoms with Crippen LogP contribution in [0.3, 0.4) is 0 Å². The number of rotatable bonds is 1. The number of benzene rings is 1. The first-order chi connectivity index (χ1) is 5.77. The van der Waals surface area contributed by atoms with E-state index < -0.39 is 5.97 Å². The highest BCUT2D eigenvalue weighted by atomic mass is 35.5. The van der Waals surface area contributed by atoms with E-state index in [1.54, 1.807) is 12.1 Å². The van der Waals surface area contributed by atoms with Crippen LogP contribution in [-0.4, -0.2) is 11.1 Å². The standard InChI is InChI=1S/C9H6O3.ClH/c10-9(11)8-5-6-3-1-2-4-7(6)12-8;/h1-5H,(H,10,11);1H. The fourth-order valence-corrected chi connectivity index (χ4v) is 1.09. The molecule has 0 aliphatic carbocycles. The first-order valence-electron chi connectivity index (χ1n) is 3.49. The van der Waals surface area contributed by atoms with E-state index in [2.05, 4.69) is 0 Å². The molecule has 1 N–H and O–H groups in total. The Labute approximate surface area is 80.4 Å². The smallest absolute Gasteiger partial charge is 0.371 e. The Morgan fingerprint density at radius 1 is 1.31 bits per heavy atom. The molecule has 0 bridgehead atoms. The summed E-state index contributed by atoms with van der Waals surface area (Å²) in [6.45, 7) is 0. The molecule has 0 amide bonds. The summed E-state index contributed by atoms with van der Waals surface area (Å²) < 4.78 is 5.03. The van der Waals surface area contributed by atoms with Crippen molar-refractivity contribution in [2.75, 3.05) is 0 Å². The lowest BCUT2D eigenvalue weighted by molar-refractivity contribution is 0.0665. The first-order valence-corrected chi connectivity index (χ1v) is 3.49. The van der Waals surface area contributed by atoms with Gasteiger partial charge in [-0.15, -0.1) is 12.4 Å². The molecule has 0 unspecified atom stereocenters. The second kappa shape index (κ2) is 3.49. The van der Waals surface area contributed by atoms with E-state index in [0.29, 0.717) is 5.58 Å². The molecule has 1 aromatic carbocycles. The van der Waals surface area contributed by atoms with Crippen LogP contribution in [0.4, 0.5) is 0 Å². The molecule has 68 valence electrons. The van der Waals surface area contributed by atoms with Gasteiger partial charge in [0.25, 0.3) is 0 Å². The number of carboxylic acids is 1. The highest BCUT2D eigenvalue weighted by molar-refractivity contribution is 5.91. The molecule has 0 aliphatic rings. The lowest BCUT2D eigenvalue weighted by Gasteiger charge is -1.83. The van der Waals surface area contributed by atoms with Crippen LogP contribution in [0.25, 0.3) is 11.0 Å². The van der Waals surface area contributed by atoms with Gasteiger partial charge in [0.1, 0.15) is 5.58 Å². The van der Waals surface area contributed by atoms with Crippen molar-refractivity contribution in [3.05, 3.63) is 36.1 Å². The van der Waals surface area contributed by atoms with Crippen molar-refractivity contribution in [1.82, 2.24) is 0 Å². The molecule has 2 aromatic rings. The number of para-hydroxylation sites is 1. The summed E-state index contributed by atoms with van der Waals surface area (Å²) in [6, 6.07) is 8.70. The summed E-state index contributed by atoms with van der Waals surface area (Å²) in [5, 5.41) is 9.41. The van der Waals surface area contributed by atoms with Gasteiger partial charge in [-0.25, -0.2) is 4.79 Å². The molecule has 0 aliphatic heterocycles. The van der Waals surface area contributed by atoms with Gasteiger partial charge in [-0.05, 0) is 12.1 Å². The molecule has 1 aromatic heterocycles. The number of hydrogen-bond acceptors (Lipinski definition) is 2. The Balaban J connectivity index is 0.000000845. The average Bonchev–Trinajstić information content (AvgIpc) is 2.46. The van der Waals surface area contributed by atoms with Gasteiger partial charge in [-0.2, -0.15) is 0 Å². The summed E-state index contributed by atoms with van der Waals surface area (Å²) in [5.41, 5.74) is 0.606. The van der Waals surface area contributed by atoms with Crippen molar-refractivity contribution in [1.29, 1.82) is 0 Å². The molecular formula is C9H7ClO3. The van der Waals surface area contributed by atoms with Gasteiger partial charge in [0.05, 0.1) is 0 Å². The van der Waals surface area contributed by atoms with E-state index >= 15 is 0 Å². The number of aromatic carboxylic acids is 1. The second-order valence-electron chi connectivity index (χ2n) is 2.45. The van der Waals surface area contributed by atoms with Crippen LogP contribution >= 0.6 is 12.4 Å². The minimum absolute atomic E-state index is 0. The van der Waals surface area contributed by atoms with Crippen molar-refractivity contribution < 1.29 is 14.3 Å². The predicted molar refractivity (Wildman–Crippen MR) is 50.4 cm³/mol. The zero-order valence-corrected chi connectivity index (χ0v) is 7.38. The van der Waals surface area contributed by atoms with Crippen LogP contribution in [-0.2, 0) is 0 Å². The number of carbonyl (C=O) groups is 1. The van der Waals surface area contributed by atoms with Crippen molar-refractivity contribution in [2.24, 2.45) is 0 Å². The van der Waals surface area contributed by atoms with Gasteiger partial charge >= 0.3 is 5.97 Å². The molecular weight excluding hydrogens is 192 g/mol. The number of fused-ring (bicyclic) bond motifs is 1. The van der Waals surface area contributed by atoms with Crippen molar-refractivity contribution in [3.8, 4) is 0 Å². The Morgan fingerprint density at radius 3 is 2.62 bits per heavy atom. The normalized spacial score (nSPS) is 9.54. The van der Waals surface area contributed by atoms with E-state index in [0.717, 1.165) is 5.39 Å². The Hall–Kier alpha value is -1.48. The summed E-state index contributed by atoms with van der Waals surface area (Å²) >= 11 is 0. The van der Waals surface area contributed by atoms with Crippen LogP contribution in [0.2, 0.25) is 0 Å². The van der Waals surface area contributed by atoms with Crippen LogP contribution in [0, 0.1) is 0 Å². The van der Waals surface area contributed by atoms with Crippen molar-refractivity contribution in [3.63, 3.8) is 0 Å². The van der Waals surface area contributed by atoms with E-state index in [1.165, 1.54) is 6.07 Å². The molecule has 0 saturated heterocycles. The van der Waals surface area contributed by atoms with Gasteiger partial charge in [-0.1, -0.05) is 18.2 Å². The molecule has 13 heavy (non-hydrogen) atoms. The second-order valence-corrected chi connectivity index (χ2v) is 2.45. The van der Waals surface area contributed by atoms with Gasteiger partial charge in [0.2, 0.25) is 5.76 Å². The third kappa shape index (κ3) is 1.65. The summed E-state index contributed by atoms with van der Waals surface area (Å²) in [5.74, 6) is -1.05. The van der Waals surface area contributed by atoms with Crippen LogP contribution in [0.1, 0.15) is 10.6 Å². The minimum atomic E-state index is -1.04. The number of halogens is 1. The number of carboxylic acid groups (broad SMARTS) is 1. The largest absolute Gasteiger partial charge is 0.475 e. The molecule has 4 heteroatoms. The lowest BCUT2D eigenvalue weighted by Crippen LogP contribution is -1.91. The topological polar surface area (TPSA) is 50.4 Å². The maximum atomic E-state index is 10.5. The van der Waals surface area contributed by atoms with Crippen LogP contribution in [0.5, 0.6) is 0 Å². The Bertz CT molecular complexity index is 400. The van der Waals surface area contributed by atoms with E-state index in [9.17, 15) is 4.79 Å². The quantitative estimate of drug-likeness (QED) is 0.766.